The van der Waals surface area contributed by atoms with Gasteiger partial charge >= 0.3 is 6.03 Å². The third-order valence-corrected chi connectivity index (χ3v) is 8.36. The lowest BCUT2D eigenvalue weighted by molar-refractivity contribution is 0.172. The molecule has 174 valence electrons. The fourth-order valence-corrected chi connectivity index (χ4v) is 6.92. The van der Waals surface area contributed by atoms with Gasteiger partial charge in [-0.05, 0) is 48.2 Å². The highest BCUT2D eigenvalue weighted by Crippen LogP contribution is 2.53. The number of hydrogen-bond acceptors (Lipinski definition) is 6. The van der Waals surface area contributed by atoms with Crippen molar-refractivity contribution in [1.82, 2.24) is 24.6 Å². The molecule has 0 saturated heterocycles. The van der Waals surface area contributed by atoms with Crippen LogP contribution in [0.25, 0.3) is 0 Å². The number of thioether (sulfide) groups is 1. The molecule has 3 aliphatic heterocycles. The predicted molar refractivity (Wildman–Crippen MR) is 131 cm³/mol. The van der Waals surface area contributed by atoms with Crippen LogP contribution in [0.1, 0.15) is 35.7 Å². The molecule has 2 atom stereocenters. The van der Waals surface area contributed by atoms with Gasteiger partial charge in [-0.25, -0.2) is 9.78 Å². The van der Waals surface area contributed by atoms with Crippen LogP contribution in [0, 0.1) is 0 Å². The summed E-state index contributed by atoms with van der Waals surface area (Å²) >= 11 is 1.85. The topological polar surface area (TPSA) is 63.5 Å². The highest BCUT2D eigenvalue weighted by atomic mass is 32.2. The summed E-state index contributed by atoms with van der Waals surface area (Å²) in [6, 6.07) is 18.5. The van der Waals surface area contributed by atoms with Crippen molar-refractivity contribution in [2.24, 2.45) is 0 Å². The second kappa shape index (κ2) is 8.92. The monoisotopic (exact) mass is 473 g/mol. The zero-order chi connectivity index (χ0) is 23.1. The molecular weight excluding hydrogens is 446 g/mol. The highest BCUT2D eigenvalue weighted by Gasteiger charge is 2.49. The van der Waals surface area contributed by atoms with E-state index < -0.39 is 0 Å². The first-order valence-electron chi connectivity index (χ1n) is 11.7. The largest absolute Gasteiger partial charge is 0.497 e. The summed E-state index contributed by atoms with van der Waals surface area (Å²) in [5, 5.41) is 4.31. The first-order chi connectivity index (χ1) is 16.7. The third-order valence-electron chi connectivity index (χ3n) is 6.92. The summed E-state index contributed by atoms with van der Waals surface area (Å²) in [6.45, 7) is 3.46. The van der Waals surface area contributed by atoms with Crippen LogP contribution in [0.4, 0.5) is 4.79 Å². The van der Waals surface area contributed by atoms with E-state index in [4.69, 9.17) is 4.74 Å². The number of ether oxygens (including phenoxy) is 1. The molecule has 3 aromatic rings. The van der Waals surface area contributed by atoms with Crippen LogP contribution in [0.15, 0.2) is 71.4 Å². The van der Waals surface area contributed by atoms with Crippen LogP contribution in [-0.4, -0.2) is 56.2 Å². The molecule has 0 N–H and O–H groups in total. The van der Waals surface area contributed by atoms with Crippen molar-refractivity contribution < 1.29 is 9.53 Å². The van der Waals surface area contributed by atoms with E-state index in [2.05, 4.69) is 45.3 Å². The summed E-state index contributed by atoms with van der Waals surface area (Å²) < 4.78 is 6.80. The SMILES string of the molecule is COc1ccc(CN2C(=O)n3ncnc3C3C4=C(CN(Cc5ccccc5)CCC4)SC32)cc1. The van der Waals surface area contributed by atoms with Crippen LogP contribution in [0.5, 0.6) is 5.75 Å². The number of nitrogens with zero attached hydrogens (tertiary/aromatic N) is 5. The Kier molecular flexibility index (Phi) is 5.63. The van der Waals surface area contributed by atoms with Crippen molar-refractivity contribution in [3.8, 4) is 5.75 Å². The van der Waals surface area contributed by atoms with Gasteiger partial charge in [0.05, 0.1) is 18.4 Å². The molecule has 0 bridgehead atoms. The second-order valence-electron chi connectivity index (χ2n) is 9.02. The molecule has 0 spiro atoms. The van der Waals surface area contributed by atoms with E-state index in [-0.39, 0.29) is 17.3 Å². The predicted octanol–water partition coefficient (Wildman–Crippen LogP) is 4.48. The number of methoxy groups -OCH3 is 1. The quantitative estimate of drug-likeness (QED) is 0.545. The van der Waals surface area contributed by atoms with Crippen molar-refractivity contribution in [3.05, 3.63) is 88.4 Å². The number of carbonyl (C=O) groups excluding carboxylic acids is 1. The van der Waals surface area contributed by atoms with Gasteiger partial charge in [-0.15, -0.1) is 11.8 Å². The van der Waals surface area contributed by atoms with Gasteiger partial charge in [0, 0.05) is 24.5 Å². The molecule has 0 fully saturated rings. The van der Waals surface area contributed by atoms with E-state index in [1.807, 2.05) is 40.9 Å². The molecule has 2 unspecified atom stereocenters. The second-order valence-corrected chi connectivity index (χ2v) is 10.2. The summed E-state index contributed by atoms with van der Waals surface area (Å²) in [5.41, 5.74) is 3.85. The van der Waals surface area contributed by atoms with Crippen molar-refractivity contribution >= 4 is 17.8 Å². The molecule has 3 aliphatic rings. The zero-order valence-corrected chi connectivity index (χ0v) is 19.9. The standard InChI is InChI=1S/C26H27N5O2S/c1-33-20-11-9-19(10-12-20)15-30-25-23(24-27-17-28-31(24)26(30)32)21-8-5-13-29(16-22(21)34-25)14-18-6-3-2-4-7-18/h2-4,6-7,9-12,17,23,25H,5,8,13-16H2,1H3. The van der Waals surface area contributed by atoms with Gasteiger partial charge in [0.15, 0.2) is 0 Å². The molecule has 0 radical (unpaired) electrons. The Bertz CT molecular complexity index is 1220. The summed E-state index contributed by atoms with van der Waals surface area (Å²) in [4.78, 5) is 23.9. The molecule has 4 heterocycles. The minimum Gasteiger partial charge on any atom is -0.497 e. The normalized spacial score (nSPS) is 22.3. The Morgan fingerprint density at radius 1 is 1.06 bits per heavy atom. The summed E-state index contributed by atoms with van der Waals surface area (Å²) in [7, 11) is 1.66. The van der Waals surface area contributed by atoms with E-state index in [9.17, 15) is 4.79 Å². The van der Waals surface area contributed by atoms with E-state index in [0.29, 0.717) is 6.54 Å². The van der Waals surface area contributed by atoms with Gasteiger partial charge in [-0.1, -0.05) is 42.5 Å². The molecule has 0 aliphatic carbocycles. The lowest BCUT2D eigenvalue weighted by Gasteiger charge is -2.37. The van der Waals surface area contributed by atoms with E-state index >= 15 is 0 Å². The molecule has 7 nitrogen and oxygen atoms in total. The van der Waals surface area contributed by atoms with E-state index in [1.54, 1.807) is 7.11 Å². The Morgan fingerprint density at radius 3 is 2.65 bits per heavy atom. The maximum Gasteiger partial charge on any atom is 0.347 e. The van der Waals surface area contributed by atoms with Crippen molar-refractivity contribution in [1.29, 1.82) is 0 Å². The first kappa shape index (κ1) is 21.4. The van der Waals surface area contributed by atoms with Gasteiger partial charge in [0.25, 0.3) is 0 Å². The number of amides is 1. The van der Waals surface area contributed by atoms with Gasteiger partial charge in [0.1, 0.15) is 17.9 Å². The molecule has 1 aromatic heterocycles. The summed E-state index contributed by atoms with van der Waals surface area (Å²) in [5.74, 6) is 1.69. The number of benzene rings is 2. The average Bonchev–Trinajstić information content (AvgIpc) is 3.43. The summed E-state index contributed by atoms with van der Waals surface area (Å²) in [6.07, 6.45) is 3.66. The Morgan fingerprint density at radius 2 is 1.85 bits per heavy atom. The van der Waals surface area contributed by atoms with Crippen LogP contribution in [0.2, 0.25) is 0 Å². The van der Waals surface area contributed by atoms with Crippen molar-refractivity contribution in [2.75, 3.05) is 20.2 Å². The first-order valence-corrected chi connectivity index (χ1v) is 12.6. The molecular formula is C26H27N5O2S. The van der Waals surface area contributed by atoms with Crippen molar-refractivity contribution in [3.63, 3.8) is 0 Å². The third kappa shape index (κ3) is 3.80. The zero-order valence-electron chi connectivity index (χ0n) is 19.1. The molecule has 2 aromatic carbocycles. The molecule has 1 amide bonds. The molecule has 34 heavy (non-hydrogen) atoms. The van der Waals surface area contributed by atoms with E-state index in [0.717, 1.165) is 49.6 Å². The minimum atomic E-state index is -0.101. The highest BCUT2D eigenvalue weighted by molar-refractivity contribution is 8.04. The minimum absolute atomic E-state index is 0.00739. The van der Waals surface area contributed by atoms with Crippen LogP contribution in [0.3, 0.4) is 0 Å². The van der Waals surface area contributed by atoms with Crippen LogP contribution in [-0.2, 0) is 13.1 Å². The van der Waals surface area contributed by atoms with Gasteiger partial charge in [0.2, 0.25) is 0 Å². The number of carbonyl (C=O) groups is 1. The van der Waals surface area contributed by atoms with Crippen LogP contribution >= 0.6 is 11.8 Å². The lowest BCUT2D eigenvalue weighted by atomic mass is 9.92. The fourth-order valence-electron chi connectivity index (χ4n) is 5.27. The van der Waals surface area contributed by atoms with Gasteiger partial charge < -0.3 is 9.64 Å². The lowest BCUT2D eigenvalue weighted by Crippen LogP contribution is -2.48. The molecule has 6 rings (SSSR count). The Labute approximate surface area is 203 Å². The van der Waals surface area contributed by atoms with Gasteiger partial charge in [-0.3, -0.25) is 4.90 Å². The van der Waals surface area contributed by atoms with Crippen LogP contribution < -0.4 is 4.74 Å². The maximum atomic E-state index is 13.4. The molecule has 0 saturated carbocycles. The maximum absolute atomic E-state index is 13.4. The van der Waals surface area contributed by atoms with Crippen molar-refractivity contribution in [2.45, 2.75) is 37.2 Å². The number of hydrogen-bond donors (Lipinski definition) is 0. The average molecular weight is 474 g/mol. The Balaban J connectivity index is 1.29. The Hall–Kier alpha value is -3.10. The number of rotatable bonds is 5. The molecule has 8 heteroatoms. The van der Waals surface area contributed by atoms with E-state index in [1.165, 1.54) is 27.1 Å². The number of fused-ring (bicyclic) bond motifs is 4. The number of aromatic nitrogens is 3. The fraction of sp³-hybridized carbons (Fsp3) is 0.346. The smallest absolute Gasteiger partial charge is 0.347 e. The van der Waals surface area contributed by atoms with Gasteiger partial charge in [-0.2, -0.15) is 9.78 Å².